The Balaban J connectivity index is 2.34. The number of benzene rings is 2. The van der Waals surface area contributed by atoms with Crippen LogP contribution in [0.15, 0.2) is 42.5 Å². The Hall–Kier alpha value is -2.61. The fourth-order valence-corrected chi connectivity index (χ4v) is 2.52. The molecule has 0 atom stereocenters. The number of rotatable bonds is 5. The van der Waals surface area contributed by atoms with Crippen LogP contribution in [-0.2, 0) is 10.0 Å². The lowest BCUT2D eigenvalue weighted by molar-refractivity contribution is 0.102. The third-order valence-corrected chi connectivity index (χ3v) is 4.59. The van der Waals surface area contributed by atoms with Crippen molar-refractivity contribution in [1.29, 1.82) is 0 Å². The van der Waals surface area contributed by atoms with Crippen LogP contribution in [0, 0.1) is 5.82 Å². The van der Waals surface area contributed by atoms with Crippen LogP contribution in [0.3, 0.4) is 0 Å². The van der Waals surface area contributed by atoms with Gasteiger partial charge in [-0.05, 0) is 42.5 Å². The lowest BCUT2D eigenvalue weighted by Crippen LogP contribution is -2.26. The number of amides is 1. The predicted octanol–water partition coefficient (Wildman–Crippen LogP) is 2.48. The van der Waals surface area contributed by atoms with E-state index in [1.54, 1.807) is 24.3 Å². The van der Waals surface area contributed by atoms with Crippen molar-refractivity contribution < 1.29 is 22.3 Å². The molecule has 0 aliphatic heterocycles. The van der Waals surface area contributed by atoms with Crippen LogP contribution >= 0.6 is 0 Å². The van der Waals surface area contributed by atoms with E-state index in [1.807, 2.05) is 0 Å². The molecule has 0 saturated carbocycles. The van der Waals surface area contributed by atoms with E-state index in [0.29, 0.717) is 11.3 Å². The van der Waals surface area contributed by atoms with Crippen LogP contribution in [0.5, 0.6) is 5.75 Å². The zero-order valence-electron chi connectivity index (χ0n) is 13.4. The van der Waals surface area contributed by atoms with Gasteiger partial charge in [0, 0.05) is 12.6 Å². The maximum atomic E-state index is 13.5. The average molecular weight is 352 g/mol. The zero-order chi connectivity index (χ0) is 17.9. The summed E-state index contributed by atoms with van der Waals surface area (Å²) >= 11 is 0. The van der Waals surface area contributed by atoms with E-state index in [0.717, 1.165) is 22.7 Å². The molecule has 0 radical (unpaired) electrons. The number of carbonyl (C=O) groups excluding carboxylic acids is 1. The number of halogens is 1. The van der Waals surface area contributed by atoms with Gasteiger partial charge in [-0.1, -0.05) is 0 Å². The number of hydrogen-bond donors (Lipinski definition) is 1. The van der Waals surface area contributed by atoms with Crippen molar-refractivity contribution in [3.8, 4) is 5.75 Å². The standard InChI is InChI=1S/C16H17FN2O4S/c1-19(24(3,21)22)15-9-6-12(17)10-14(15)18-16(20)11-4-7-13(23-2)8-5-11/h4-10H,1-3H3,(H,18,20). The van der Waals surface area contributed by atoms with Crippen LogP contribution in [0.1, 0.15) is 10.4 Å². The molecule has 2 rings (SSSR count). The Morgan fingerprint density at radius 2 is 1.79 bits per heavy atom. The van der Waals surface area contributed by atoms with Gasteiger partial charge in [0.15, 0.2) is 0 Å². The highest BCUT2D eigenvalue weighted by Crippen LogP contribution is 2.28. The van der Waals surface area contributed by atoms with E-state index in [9.17, 15) is 17.6 Å². The molecule has 0 fully saturated rings. The fraction of sp³-hybridized carbons (Fsp3) is 0.188. The molecule has 2 aromatic carbocycles. The van der Waals surface area contributed by atoms with Gasteiger partial charge in [-0.3, -0.25) is 9.10 Å². The van der Waals surface area contributed by atoms with Gasteiger partial charge >= 0.3 is 0 Å². The number of nitrogens with one attached hydrogen (secondary N) is 1. The largest absolute Gasteiger partial charge is 0.497 e. The van der Waals surface area contributed by atoms with Gasteiger partial charge in [0.1, 0.15) is 11.6 Å². The molecule has 0 spiro atoms. The number of sulfonamides is 1. The molecule has 24 heavy (non-hydrogen) atoms. The molecule has 2 aromatic rings. The topological polar surface area (TPSA) is 75.7 Å². The number of methoxy groups -OCH3 is 1. The summed E-state index contributed by atoms with van der Waals surface area (Å²) in [6.45, 7) is 0. The number of nitrogens with zero attached hydrogens (tertiary/aromatic N) is 1. The maximum Gasteiger partial charge on any atom is 0.255 e. The van der Waals surface area contributed by atoms with Crippen molar-refractivity contribution in [2.75, 3.05) is 30.0 Å². The minimum absolute atomic E-state index is 0.0590. The number of anilines is 2. The highest BCUT2D eigenvalue weighted by atomic mass is 32.2. The Kier molecular flexibility index (Phi) is 5.08. The SMILES string of the molecule is COc1ccc(C(=O)Nc2cc(F)ccc2N(C)S(C)(=O)=O)cc1. The first-order valence-corrected chi connectivity index (χ1v) is 8.76. The zero-order valence-corrected chi connectivity index (χ0v) is 14.2. The van der Waals surface area contributed by atoms with E-state index < -0.39 is 21.7 Å². The molecular formula is C16H17FN2O4S. The fourth-order valence-electron chi connectivity index (χ4n) is 2.00. The second-order valence-corrected chi connectivity index (χ2v) is 7.09. The lowest BCUT2D eigenvalue weighted by Gasteiger charge is -2.20. The predicted molar refractivity (Wildman–Crippen MR) is 90.6 cm³/mol. The first-order valence-electron chi connectivity index (χ1n) is 6.91. The van der Waals surface area contributed by atoms with Crippen LogP contribution in [0.25, 0.3) is 0 Å². The minimum atomic E-state index is -3.56. The monoisotopic (exact) mass is 352 g/mol. The first-order chi connectivity index (χ1) is 11.2. The van der Waals surface area contributed by atoms with Crippen molar-refractivity contribution in [3.63, 3.8) is 0 Å². The Labute approximate surface area is 139 Å². The van der Waals surface area contributed by atoms with Crippen LogP contribution < -0.4 is 14.4 Å². The lowest BCUT2D eigenvalue weighted by atomic mass is 10.2. The molecule has 0 aliphatic carbocycles. The molecule has 0 bridgehead atoms. The van der Waals surface area contributed by atoms with E-state index in [1.165, 1.54) is 20.2 Å². The molecule has 0 unspecified atom stereocenters. The third-order valence-electron chi connectivity index (χ3n) is 3.40. The smallest absolute Gasteiger partial charge is 0.255 e. The molecule has 0 saturated heterocycles. The summed E-state index contributed by atoms with van der Waals surface area (Å²) in [5, 5.41) is 2.53. The summed E-state index contributed by atoms with van der Waals surface area (Å²) in [6, 6.07) is 9.81. The Bertz CT molecular complexity index is 851. The molecule has 0 aromatic heterocycles. The average Bonchev–Trinajstić information content (AvgIpc) is 2.53. The van der Waals surface area contributed by atoms with Crippen LogP contribution in [-0.4, -0.2) is 34.7 Å². The van der Waals surface area contributed by atoms with Gasteiger partial charge in [0.25, 0.3) is 5.91 Å². The number of carbonyl (C=O) groups is 1. The van der Waals surface area contributed by atoms with Gasteiger partial charge < -0.3 is 10.1 Å². The summed E-state index contributed by atoms with van der Waals surface area (Å²) < 4.78 is 42.9. The Morgan fingerprint density at radius 1 is 1.17 bits per heavy atom. The van der Waals surface area contributed by atoms with E-state index >= 15 is 0 Å². The molecular weight excluding hydrogens is 335 g/mol. The highest BCUT2D eigenvalue weighted by Gasteiger charge is 2.18. The number of hydrogen-bond acceptors (Lipinski definition) is 4. The molecule has 1 amide bonds. The molecule has 8 heteroatoms. The highest BCUT2D eigenvalue weighted by molar-refractivity contribution is 7.92. The second kappa shape index (κ2) is 6.88. The summed E-state index contributed by atoms with van der Waals surface area (Å²) in [4.78, 5) is 12.3. The van der Waals surface area contributed by atoms with E-state index in [2.05, 4.69) is 5.32 Å². The maximum absolute atomic E-state index is 13.5. The van der Waals surface area contributed by atoms with Gasteiger partial charge in [-0.25, -0.2) is 12.8 Å². The minimum Gasteiger partial charge on any atom is -0.497 e. The summed E-state index contributed by atoms with van der Waals surface area (Å²) in [6.07, 6.45) is 1.02. The Morgan fingerprint density at radius 3 is 2.33 bits per heavy atom. The van der Waals surface area contributed by atoms with Crippen molar-refractivity contribution in [1.82, 2.24) is 0 Å². The number of ether oxygens (including phenoxy) is 1. The first kappa shape index (κ1) is 17.7. The second-order valence-electron chi connectivity index (χ2n) is 5.07. The molecule has 128 valence electrons. The van der Waals surface area contributed by atoms with Gasteiger partial charge in [-0.2, -0.15) is 0 Å². The van der Waals surface area contributed by atoms with Gasteiger partial charge in [0.05, 0.1) is 24.7 Å². The molecule has 6 nitrogen and oxygen atoms in total. The third kappa shape index (κ3) is 4.02. The van der Waals surface area contributed by atoms with Crippen LogP contribution in [0.4, 0.5) is 15.8 Å². The molecule has 1 N–H and O–H groups in total. The van der Waals surface area contributed by atoms with Crippen molar-refractivity contribution in [3.05, 3.63) is 53.8 Å². The molecule has 0 aliphatic rings. The van der Waals surface area contributed by atoms with Crippen molar-refractivity contribution in [2.24, 2.45) is 0 Å². The van der Waals surface area contributed by atoms with Gasteiger partial charge in [0.2, 0.25) is 10.0 Å². The summed E-state index contributed by atoms with van der Waals surface area (Å²) in [7, 11) is -0.724. The van der Waals surface area contributed by atoms with E-state index in [4.69, 9.17) is 4.74 Å². The van der Waals surface area contributed by atoms with Crippen molar-refractivity contribution in [2.45, 2.75) is 0 Å². The summed E-state index contributed by atoms with van der Waals surface area (Å²) in [5.41, 5.74) is 0.553. The molecule has 0 heterocycles. The summed E-state index contributed by atoms with van der Waals surface area (Å²) in [5.74, 6) is -0.494. The van der Waals surface area contributed by atoms with E-state index in [-0.39, 0.29) is 11.4 Å². The normalized spacial score (nSPS) is 11.0. The van der Waals surface area contributed by atoms with Crippen molar-refractivity contribution >= 4 is 27.3 Å². The quantitative estimate of drug-likeness (QED) is 0.897. The van der Waals surface area contributed by atoms with Crippen LogP contribution in [0.2, 0.25) is 0 Å². The van der Waals surface area contributed by atoms with Gasteiger partial charge in [-0.15, -0.1) is 0 Å².